The molecule has 2 aliphatic heterocycles. The van der Waals surface area contributed by atoms with Gasteiger partial charge in [-0.25, -0.2) is 4.79 Å². The first-order valence-electron chi connectivity index (χ1n) is 6.15. The number of carboxylic acid groups (broad SMARTS) is 1. The summed E-state index contributed by atoms with van der Waals surface area (Å²) in [5.74, 6) is -1.59. The van der Waals surface area contributed by atoms with Crippen molar-refractivity contribution in [1.82, 2.24) is 4.90 Å². The van der Waals surface area contributed by atoms with E-state index in [-0.39, 0.29) is 23.0 Å². The van der Waals surface area contributed by atoms with Crippen molar-refractivity contribution in [3.05, 3.63) is 11.6 Å². The van der Waals surface area contributed by atoms with Gasteiger partial charge in [-0.1, -0.05) is 13.8 Å². The Morgan fingerprint density at radius 1 is 1.42 bits per heavy atom. The van der Waals surface area contributed by atoms with Crippen LogP contribution in [0.4, 0.5) is 0 Å². The van der Waals surface area contributed by atoms with Crippen molar-refractivity contribution in [2.75, 3.05) is 0 Å². The van der Waals surface area contributed by atoms with Gasteiger partial charge in [0.2, 0.25) is 0 Å². The third-order valence-corrected chi connectivity index (χ3v) is 4.99. The van der Waals surface area contributed by atoms with Crippen LogP contribution in [-0.4, -0.2) is 43.8 Å². The van der Waals surface area contributed by atoms with Gasteiger partial charge in [-0.05, 0) is 19.9 Å². The second-order valence-corrected chi connectivity index (χ2v) is 7.42. The zero-order chi connectivity index (χ0) is 14.5. The van der Waals surface area contributed by atoms with Crippen LogP contribution in [0.1, 0.15) is 27.7 Å². The van der Waals surface area contributed by atoms with Gasteiger partial charge in [-0.15, -0.1) is 11.8 Å². The molecule has 0 spiro atoms. The van der Waals surface area contributed by atoms with Gasteiger partial charge in [-0.2, -0.15) is 0 Å². The molecular weight excluding hydrogens is 266 g/mol. The van der Waals surface area contributed by atoms with Gasteiger partial charge in [0.15, 0.2) is 5.78 Å². The normalized spacial score (nSPS) is 30.5. The molecule has 1 N–H and O–H groups in total. The Labute approximate surface area is 116 Å². The summed E-state index contributed by atoms with van der Waals surface area (Å²) in [6, 6.07) is -0.832. The quantitative estimate of drug-likeness (QED) is 0.624. The smallest absolute Gasteiger partial charge is 0.327 e. The van der Waals surface area contributed by atoms with E-state index >= 15 is 0 Å². The standard InChI is InChI=1S/C13H17NO4S/c1-6(2)8(15)5-7-10(16)14-9(12(17)18)13(3,4)19-11(7)14/h5-6,9,11H,1-4H3,(H,17,18)/t9-,11+/m0/s1. The van der Waals surface area contributed by atoms with Gasteiger partial charge in [0.1, 0.15) is 11.4 Å². The van der Waals surface area contributed by atoms with Crippen LogP contribution in [0.2, 0.25) is 0 Å². The molecular formula is C13H17NO4S. The number of rotatable bonds is 3. The molecule has 5 nitrogen and oxygen atoms in total. The highest BCUT2D eigenvalue weighted by Crippen LogP contribution is 2.52. The number of aliphatic carboxylic acids is 1. The van der Waals surface area contributed by atoms with Crippen LogP contribution < -0.4 is 0 Å². The summed E-state index contributed by atoms with van der Waals surface area (Å²) in [5, 5.41) is 8.95. The molecule has 19 heavy (non-hydrogen) atoms. The number of fused-ring (bicyclic) bond motifs is 1. The van der Waals surface area contributed by atoms with Gasteiger partial charge in [0, 0.05) is 10.7 Å². The Kier molecular flexibility index (Phi) is 3.24. The van der Waals surface area contributed by atoms with Crippen molar-refractivity contribution in [3.8, 4) is 0 Å². The Hall–Kier alpha value is -1.30. The summed E-state index contributed by atoms with van der Waals surface area (Å²) < 4.78 is -0.553. The zero-order valence-electron chi connectivity index (χ0n) is 11.3. The van der Waals surface area contributed by atoms with Crippen LogP contribution in [-0.2, 0) is 14.4 Å². The average molecular weight is 283 g/mol. The third kappa shape index (κ3) is 2.08. The van der Waals surface area contributed by atoms with Crippen LogP contribution in [0, 0.1) is 5.92 Å². The number of nitrogens with zero attached hydrogens (tertiary/aromatic N) is 1. The van der Waals surface area contributed by atoms with Gasteiger partial charge in [-0.3, -0.25) is 9.59 Å². The van der Waals surface area contributed by atoms with Crippen molar-refractivity contribution in [1.29, 1.82) is 0 Å². The first kappa shape index (κ1) is 14.1. The molecule has 0 aliphatic carbocycles. The minimum Gasteiger partial charge on any atom is -0.480 e. The van der Waals surface area contributed by atoms with Crippen molar-refractivity contribution in [2.45, 2.75) is 43.9 Å². The molecule has 1 amide bonds. The predicted molar refractivity (Wildman–Crippen MR) is 71.7 cm³/mol. The van der Waals surface area contributed by atoms with E-state index in [9.17, 15) is 19.5 Å². The summed E-state index contributed by atoms with van der Waals surface area (Å²) in [6.45, 7) is 7.16. The summed E-state index contributed by atoms with van der Waals surface area (Å²) in [7, 11) is 0. The van der Waals surface area contributed by atoms with Crippen LogP contribution >= 0.6 is 11.8 Å². The lowest BCUT2D eigenvalue weighted by Crippen LogP contribution is -2.58. The van der Waals surface area contributed by atoms with Crippen molar-refractivity contribution in [3.63, 3.8) is 0 Å². The molecule has 0 saturated carbocycles. The van der Waals surface area contributed by atoms with Crippen molar-refractivity contribution < 1.29 is 19.5 Å². The van der Waals surface area contributed by atoms with Crippen LogP contribution in [0.25, 0.3) is 0 Å². The topological polar surface area (TPSA) is 74.7 Å². The summed E-state index contributed by atoms with van der Waals surface area (Å²) in [5.41, 5.74) is 0.431. The molecule has 0 unspecified atom stereocenters. The van der Waals surface area contributed by atoms with E-state index in [0.717, 1.165) is 0 Å². The van der Waals surface area contributed by atoms with E-state index < -0.39 is 16.8 Å². The lowest BCUT2D eigenvalue weighted by atomic mass is 9.94. The SMILES string of the molecule is CC(C)C(=O)C=C1C(=O)N2[C@@H]1SC(C)(C)[C@@H]2C(=O)O. The molecule has 2 saturated heterocycles. The lowest BCUT2D eigenvalue weighted by Gasteiger charge is -2.38. The highest BCUT2D eigenvalue weighted by atomic mass is 32.2. The first-order chi connectivity index (χ1) is 8.66. The van der Waals surface area contributed by atoms with Crippen molar-refractivity contribution >= 4 is 29.4 Å². The highest BCUT2D eigenvalue weighted by molar-refractivity contribution is 8.01. The monoisotopic (exact) mass is 283 g/mol. The minimum absolute atomic E-state index is 0.0971. The molecule has 0 aromatic rings. The number of β-lactam (4-membered cyclic amide) rings is 1. The molecule has 0 radical (unpaired) electrons. The number of thioether (sulfide) groups is 1. The summed E-state index contributed by atoms with van der Waals surface area (Å²) >= 11 is 1.42. The zero-order valence-corrected chi connectivity index (χ0v) is 12.2. The number of amides is 1. The molecule has 2 heterocycles. The van der Waals surface area contributed by atoms with E-state index in [2.05, 4.69) is 0 Å². The minimum atomic E-state index is -0.998. The Morgan fingerprint density at radius 2 is 2.00 bits per heavy atom. The van der Waals surface area contributed by atoms with Gasteiger partial charge < -0.3 is 10.0 Å². The Morgan fingerprint density at radius 3 is 2.47 bits per heavy atom. The maximum Gasteiger partial charge on any atom is 0.327 e. The summed E-state index contributed by atoms with van der Waals surface area (Å²) in [4.78, 5) is 36.4. The van der Waals surface area contributed by atoms with Crippen LogP contribution in [0.5, 0.6) is 0 Å². The fourth-order valence-electron chi connectivity index (χ4n) is 2.37. The fourth-order valence-corrected chi connectivity index (χ4v) is 3.92. The maximum atomic E-state index is 12.0. The van der Waals surface area contributed by atoms with E-state index in [1.807, 2.05) is 13.8 Å². The second kappa shape index (κ2) is 4.37. The number of hydrogen-bond donors (Lipinski definition) is 1. The molecule has 104 valence electrons. The number of ketones is 1. The number of hydrogen-bond acceptors (Lipinski definition) is 4. The van der Waals surface area contributed by atoms with Crippen LogP contribution in [0.3, 0.4) is 0 Å². The first-order valence-corrected chi connectivity index (χ1v) is 7.03. The third-order valence-electron chi connectivity index (χ3n) is 3.45. The number of carbonyl (C=O) groups excluding carboxylic acids is 2. The van der Waals surface area contributed by atoms with Crippen molar-refractivity contribution in [2.24, 2.45) is 5.92 Å². The Bertz CT molecular complexity index is 495. The van der Waals surface area contributed by atoms with Gasteiger partial charge >= 0.3 is 5.97 Å². The lowest BCUT2D eigenvalue weighted by molar-refractivity contribution is -0.152. The second-order valence-electron chi connectivity index (χ2n) is 5.68. The van der Waals surface area contributed by atoms with E-state index in [4.69, 9.17) is 0 Å². The molecule has 6 heteroatoms. The van der Waals surface area contributed by atoms with E-state index in [1.165, 1.54) is 22.7 Å². The molecule has 2 aliphatic rings. The average Bonchev–Trinajstić information content (AvgIpc) is 2.54. The molecule has 2 fully saturated rings. The molecule has 0 aromatic carbocycles. The van der Waals surface area contributed by atoms with Gasteiger partial charge in [0.25, 0.3) is 5.91 Å². The van der Waals surface area contributed by atoms with Gasteiger partial charge in [0.05, 0.1) is 5.57 Å². The molecule has 2 rings (SSSR count). The Balaban J connectivity index is 2.29. The molecule has 2 atom stereocenters. The van der Waals surface area contributed by atoms with E-state index in [0.29, 0.717) is 5.57 Å². The predicted octanol–water partition coefficient (Wildman–Crippen LogP) is 1.28. The molecule has 0 aromatic heterocycles. The number of carboxylic acids is 1. The summed E-state index contributed by atoms with van der Waals surface area (Å²) in [6.07, 6.45) is 1.38. The highest BCUT2D eigenvalue weighted by Gasteiger charge is 2.61. The van der Waals surface area contributed by atoms with Crippen LogP contribution in [0.15, 0.2) is 11.6 Å². The number of carbonyl (C=O) groups is 3. The van der Waals surface area contributed by atoms with E-state index in [1.54, 1.807) is 13.8 Å². The maximum absolute atomic E-state index is 12.0. The molecule has 0 bridgehead atoms. The fraction of sp³-hybridized carbons (Fsp3) is 0.615. The largest absolute Gasteiger partial charge is 0.480 e. The number of allylic oxidation sites excluding steroid dienone is 1.